The number of halogens is 1. The summed E-state index contributed by atoms with van der Waals surface area (Å²) < 4.78 is 68.8. The molecule has 0 saturated heterocycles. The van der Waals surface area contributed by atoms with Crippen LogP contribution in [0.15, 0.2) is 101 Å². The Labute approximate surface area is 170 Å². The van der Waals surface area contributed by atoms with E-state index in [1.807, 2.05) is 0 Å². The van der Waals surface area contributed by atoms with Crippen LogP contribution < -0.4 is 0 Å². The first kappa shape index (κ1) is 21.2. The number of rotatable bonds is 7. The highest BCUT2D eigenvalue weighted by Crippen LogP contribution is 2.33. The second kappa shape index (κ2) is 8.44. The van der Waals surface area contributed by atoms with Crippen LogP contribution in [0.4, 0.5) is 4.39 Å². The Balaban J connectivity index is 2.17. The first-order chi connectivity index (χ1) is 13.8. The summed E-state index contributed by atoms with van der Waals surface area (Å²) in [6, 6.07) is 20.7. The van der Waals surface area contributed by atoms with Gasteiger partial charge in [0.1, 0.15) is 6.17 Å². The van der Waals surface area contributed by atoms with Crippen molar-refractivity contribution in [1.29, 1.82) is 0 Å². The molecule has 0 N–H and O–H groups in total. The van der Waals surface area contributed by atoms with Crippen molar-refractivity contribution in [3.8, 4) is 0 Å². The highest BCUT2D eigenvalue weighted by Gasteiger charge is 2.43. The highest BCUT2D eigenvalue weighted by molar-refractivity contribution is 8.04. The molecule has 3 aromatic rings. The van der Waals surface area contributed by atoms with Gasteiger partial charge in [0.2, 0.25) is 0 Å². The first-order valence-corrected chi connectivity index (χ1v) is 11.7. The van der Waals surface area contributed by atoms with Crippen LogP contribution in [-0.4, -0.2) is 26.6 Å². The number of benzene rings is 3. The van der Waals surface area contributed by atoms with E-state index in [1.54, 1.807) is 30.3 Å². The molecule has 0 bridgehead atoms. The third kappa shape index (κ3) is 4.24. The zero-order valence-corrected chi connectivity index (χ0v) is 17.2. The Morgan fingerprint density at radius 1 is 0.655 bits per heavy atom. The van der Waals surface area contributed by atoms with E-state index >= 15 is 4.39 Å². The molecule has 152 valence electrons. The number of alkyl halides is 1. The minimum absolute atomic E-state index is 0.191. The van der Waals surface area contributed by atoms with Gasteiger partial charge in [-0.1, -0.05) is 70.4 Å². The fourth-order valence-corrected chi connectivity index (χ4v) is 7.04. The van der Waals surface area contributed by atoms with E-state index in [1.165, 1.54) is 67.6 Å². The van der Waals surface area contributed by atoms with Gasteiger partial charge in [0.25, 0.3) is 20.0 Å². The molecular formula is C21H20FNO4S2. The van der Waals surface area contributed by atoms with Crippen molar-refractivity contribution >= 4 is 20.0 Å². The number of hydrogen-bond acceptors (Lipinski definition) is 4. The zero-order valence-electron chi connectivity index (χ0n) is 15.6. The second-order valence-electron chi connectivity index (χ2n) is 6.41. The molecule has 0 aliphatic rings. The molecule has 0 saturated carbocycles. The summed E-state index contributed by atoms with van der Waals surface area (Å²) in [5, 5.41) is 0. The molecule has 5 nitrogen and oxygen atoms in total. The lowest BCUT2D eigenvalue weighted by atomic mass is 10.1. The molecule has 2 unspecified atom stereocenters. The van der Waals surface area contributed by atoms with Crippen molar-refractivity contribution in [1.82, 2.24) is 3.71 Å². The van der Waals surface area contributed by atoms with E-state index in [4.69, 9.17) is 0 Å². The summed E-state index contributed by atoms with van der Waals surface area (Å²) in [5.41, 5.74) is 0.191. The van der Waals surface area contributed by atoms with Crippen LogP contribution in [-0.2, 0) is 20.0 Å². The molecule has 0 radical (unpaired) electrons. The van der Waals surface area contributed by atoms with Crippen molar-refractivity contribution < 1.29 is 21.2 Å². The zero-order chi connectivity index (χ0) is 21.1. The van der Waals surface area contributed by atoms with Crippen LogP contribution in [0.25, 0.3) is 0 Å². The van der Waals surface area contributed by atoms with Crippen molar-refractivity contribution in [2.75, 3.05) is 0 Å². The van der Waals surface area contributed by atoms with Gasteiger partial charge in [0, 0.05) is 0 Å². The summed E-state index contributed by atoms with van der Waals surface area (Å²) >= 11 is 0. The summed E-state index contributed by atoms with van der Waals surface area (Å²) in [5.74, 6) is 0. The minimum atomic E-state index is -4.55. The van der Waals surface area contributed by atoms with Gasteiger partial charge < -0.3 is 0 Å². The van der Waals surface area contributed by atoms with Crippen molar-refractivity contribution in [3.05, 3.63) is 96.6 Å². The minimum Gasteiger partial charge on any atom is -0.240 e. The van der Waals surface area contributed by atoms with Gasteiger partial charge in [0.05, 0.1) is 15.8 Å². The summed E-state index contributed by atoms with van der Waals surface area (Å²) in [6.45, 7) is 1.25. The van der Waals surface area contributed by atoms with E-state index in [2.05, 4.69) is 0 Å². The SMILES string of the molecule is CC(C(F)c1ccccc1)N(S(=O)(=O)c1ccccc1)S(=O)(=O)c1ccccc1. The Kier molecular flexibility index (Phi) is 6.16. The molecule has 0 amide bonds. The second-order valence-corrected chi connectivity index (χ2v) is 10.3. The van der Waals surface area contributed by atoms with Crippen LogP contribution in [0.3, 0.4) is 0 Å². The van der Waals surface area contributed by atoms with E-state index < -0.39 is 32.3 Å². The van der Waals surface area contributed by atoms with Crippen LogP contribution >= 0.6 is 0 Å². The number of hydrogen-bond donors (Lipinski definition) is 0. The normalized spacial score (nSPS) is 14.4. The van der Waals surface area contributed by atoms with Crippen molar-refractivity contribution in [2.24, 2.45) is 0 Å². The van der Waals surface area contributed by atoms with Crippen LogP contribution in [0.1, 0.15) is 18.7 Å². The van der Waals surface area contributed by atoms with Gasteiger partial charge in [-0.2, -0.15) is 0 Å². The molecule has 0 aliphatic carbocycles. The van der Waals surface area contributed by atoms with Gasteiger partial charge in [-0.05, 0) is 36.8 Å². The van der Waals surface area contributed by atoms with Gasteiger partial charge >= 0.3 is 0 Å². The summed E-state index contributed by atoms with van der Waals surface area (Å²) in [7, 11) is -9.11. The lowest BCUT2D eigenvalue weighted by molar-refractivity contribution is 0.241. The topological polar surface area (TPSA) is 71.5 Å². The number of nitrogens with zero attached hydrogens (tertiary/aromatic N) is 1. The van der Waals surface area contributed by atoms with E-state index in [0.717, 1.165) is 0 Å². The van der Waals surface area contributed by atoms with Gasteiger partial charge in [-0.25, -0.2) is 21.2 Å². The summed E-state index contributed by atoms with van der Waals surface area (Å²) in [4.78, 5) is -0.460. The quantitative estimate of drug-likeness (QED) is 0.561. The van der Waals surface area contributed by atoms with Crippen molar-refractivity contribution in [2.45, 2.75) is 28.9 Å². The fraction of sp³-hybridized carbons (Fsp3) is 0.143. The first-order valence-electron chi connectivity index (χ1n) is 8.85. The maximum Gasteiger partial charge on any atom is 0.256 e. The van der Waals surface area contributed by atoms with Crippen LogP contribution in [0, 0.1) is 0 Å². The molecule has 0 aliphatic heterocycles. The Hall–Kier alpha value is -2.55. The molecule has 0 aromatic heterocycles. The average molecular weight is 434 g/mol. The van der Waals surface area contributed by atoms with Crippen LogP contribution in [0.5, 0.6) is 0 Å². The monoisotopic (exact) mass is 433 g/mol. The summed E-state index contributed by atoms with van der Waals surface area (Å²) in [6.07, 6.45) is -1.85. The molecule has 2 atom stereocenters. The fourth-order valence-electron chi connectivity index (χ4n) is 2.98. The van der Waals surface area contributed by atoms with E-state index in [9.17, 15) is 16.8 Å². The maximum atomic E-state index is 15.3. The van der Waals surface area contributed by atoms with E-state index in [0.29, 0.717) is 0 Å². The van der Waals surface area contributed by atoms with Gasteiger partial charge in [-0.3, -0.25) is 0 Å². The standard InChI is InChI=1S/C21H20FNO4S2/c1-17(21(22)18-11-5-2-6-12-18)23(28(24,25)19-13-7-3-8-14-19)29(26,27)20-15-9-4-10-16-20/h2-17,21H,1H3. The third-order valence-electron chi connectivity index (χ3n) is 4.43. The highest BCUT2D eigenvalue weighted by atomic mass is 32.3. The molecular weight excluding hydrogens is 413 g/mol. The Morgan fingerprint density at radius 3 is 1.38 bits per heavy atom. The lowest BCUT2D eigenvalue weighted by Gasteiger charge is -2.30. The molecule has 0 spiro atoms. The molecule has 0 heterocycles. The molecule has 0 fully saturated rings. The third-order valence-corrected chi connectivity index (χ3v) is 8.96. The largest absolute Gasteiger partial charge is 0.256 e. The Morgan fingerprint density at radius 2 is 1.00 bits per heavy atom. The van der Waals surface area contributed by atoms with Gasteiger partial charge in [-0.15, -0.1) is 0 Å². The van der Waals surface area contributed by atoms with Crippen molar-refractivity contribution in [3.63, 3.8) is 0 Å². The molecule has 3 aromatic carbocycles. The average Bonchev–Trinajstić information content (AvgIpc) is 2.74. The lowest BCUT2D eigenvalue weighted by Crippen LogP contribution is -2.45. The smallest absolute Gasteiger partial charge is 0.240 e. The molecule has 8 heteroatoms. The van der Waals surface area contributed by atoms with Crippen LogP contribution in [0.2, 0.25) is 0 Å². The molecule has 29 heavy (non-hydrogen) atoms. The van der Waals surface area contributed by atoms with E-state index in [-0.39, 0.29) is 19.1 Å². The molecule has 3 rings (SSSR count). The van der Waals surface area contributed by atoms with Gasteiger partial charge in [0.15, 0.2) is 0 Å². The number of sulfonamides is 2. The predicted octanol–water partition coefficient (Wildman–Crippen LogP) is 4.17. The predicted molar refractivity (Wildman–Crippen MR) is 109 cm³/mol. The Bertz CT molecular complexity index is 1080. The maximum absolute atomic E-state index is 15.3.